The molecule has 4 N–H and O–H groups in total. The van der Waals surface area contributed by atoms with Crippen molar-refractivity contribution in [2.24, 2.45) is 11.8 Å². The van der Waals surface area contributed by atoms with Crippen LogP contribution in [0.15, 0.2) is 41.7 Å². The number of urea groups is 1. The lowest BCUT2D eigenvalue weighted by Crippen LogP contribution is -2.60. The Labute approximate surface area is 340 Å². The zero-order chi connectivity index (χ0) is 41.0. The second-order valence-electron chi connectivity index (χ2n) is 16.8. The minimum Gasteiger partial charge on any atom is -0.497 e. The molecule has 0 spiro atoms. The average molecular weight is 823 g/mol. The number of H-pyrrole nitrogens is 1. The van der Waals surface area contributed by atoms with Gasteiger partial charge in [-0.3, -0.25) is 23.9 Å². The molecular formula is C42H58N6O9S. The fourth-order valence-electron chi connectivity index (χ4n) is 9.00. The van der Waals surface area contributed by atoms with Crippen LogP contribution in [0.4, 0.5) is 4.79 Å². The summed E-state index contributed by atoms with van der Waals surface area (Å²) in [6.45, 7) is 5.56. The van der Waals surface area contributed by atoms with Crippen molar-refractivity contribution < 1.29 is 37.1 Å². The van der Waals surface area contributed by atoms with E-state index in [0.29, 0.717) is 70.5 Å². The zero-order valence-electron chi connectivity index (χ0n) is 33.5. The van der Waals surface area contributed by atoms with Crippen LogP contribution in [0.1, 0.15) is 95.5 Å². The maximum atomic E-state index is 14.4. The highest BCUT2D eigenvalue weighted by Crippen LogP contribution is 2.45. The van der Waals surface area contributed by atoms with Gasteiger partial charge in [-0.1, -0.05) is 31.8 Å². The van der Waals surface area contributed by atoms with E-state index in [-0.39, 0.29) is 35.9 Å². The van der Waals surface area contributed by atoms with Gasteiger partial charge in [0.05, 0.1) is 24.0 Å². The molecule has 5 aliphatic rings. The minimum absolute atomic E-state index is 0.0730. The van der Waals surface area contributed by atoms with Gasteiger partial charge >= 0.3 is 6.03 Å². The van der Waals surface area contributed by atoms with E-state index >= 15 is 0 Å². The van der Waals surface area contributed by atoms with Gasteiger partial charge in [0.25, 0.3) is 11.5 Å². The highest BCUT2D eigenvalue weighted by Gasteiger charge is 2.61. The number of sulfonamides is 1. The summed E-state index contributed by atoms with van der Waals surface area (Å²) in [5.41, 5.74) is -0.0239. The number of aromatic nitrogens is 1. The number of pyridine rings is 1. The number of amides is 5. The van der Waals surface area contributed by atoms with Gasteiger partial charge in [0.2, 0.25) is 21.8 Å². The molecule has 2 saturated heterocycles. The summed E-state index contributed by atoms with van der Waals surface area (Å²) >= 11 is 0. The molecule has 2 aromatic rings. The first-order valence-corrected chi connectivity index (χ1v) is 22.6. The maximum absolute atomic E-state index is 14.4. The van der Waals surface area contributed by atoms with Gasteiger partial charge in [0.15, 0.2) is 0 Å². The number of aryl methyl sites for hydroxylation is 1. The molecule has 1 aromatic heterocycles. The molecule has 16 heteroatoms. The van der Waals surface area contributed by atoms with Crippen molar-refractivity contribution in [2.45, 2.75) is 125 Å². The molecule has 5 amide bonds. The van der Waals surface area contributed by atoms with E-state index in [1.807, 2.05) is 24.3 Å². The smallest absolute Gasteiger partial charge is 0.318 e. The summed E-state index contributed by atoms with van der Waals surface area (Å²) in [5.74, 6) is -1.40. The number of rotatable bonds is 17. The number of hydrogen-bond acceptors (Lipinski definition) is 9. The quantitative estimate of drug-likeness (QED) is 0.136. The first-order chi connectivity index (χ1) is 27.9. The number of ether oxygens (including phenoxy) is 2. The summed E-state index contributed by atoms with van der Waals surface area (Å²) < 4.78 is 38.7. The highest BCUT2D eigenvalue weighted by atomic mass is 32.2. The molecule has 15 nitrogen and oxygen atoms in total. The Morgan fingerprint density at radius 2 is 1.79 bits per heavy atom. The predicted octanol–water partition coefficient (Wildman–Crippen LogP) is 3.66. The van der Waals surface area contributed by atoms with Crippen molar-refractivity contribution in [3.8, 4) is 5.75 Å². The van der Waals surface area contributed by atoms with Crippen molar-refractivity contribution in [1.29, 1.82) is 0 Å². The number of benzene rings is 1. The molecule has 316 valence electrons. The third-order valence-corrected chi connectivity index (χ3v) is 14.6. The Balaban J connectivity index is 0.897. The van der Waals surface area contributed by atoms with Crippen molar-refractivity contribution >= 4 is 44.7 Å². The number of carbonyl (C=O) groups is 4. The van der Waals surface area contributed by atoms with E-state index in [1.165, 1.54) is 4.90 Å². The van der Waals surface area contributed by atoms with E-state index < -0.39 is 50.6 Å². The molecule has 1 unspecified atom stereocenters. The Bertz CT molecular complexity index is 2050. The maximum Gasteiger partial charge on any atom is 0.318 e. The fraction of sp³-hybridized carbons (Fsp3) is 0.643. The Hall–Kier alpha value is -4.44. The van der Waals surface area contributed by atoms with E-state index in [4.69, 9.17) is 9.47 Å². The highest BCUT2D eigenvalue weighted by molar-refractivity contribution is 7.91. The fourth-order valence-corrected chi connectivity index (χ4v) is 10.4. The second kappa shape index (κ2) is 17.8. The lowest BCUT2D eigenvalue weighted by atomic mass is 9.83. The van der Waals surface area contributed by atoms with Gasteiger partial charge in [0, 0.05) is 43.8 Å². The van der Waals surface area contributed by atoms with Crippen molar-refractivity contribution in [2.75, 3.05) is 33.4 Å². The molecule has 3 aliphatic carbocycles. The SMILES string of the molecule is C=C[C@@H]1C[C@]1(NC(=O)[C@@H]1CCCN1C(=O)[C@@H](NC(=O)N1CCC(OCCCCCc2cc3ccc(OC)cc3[nH]c2=O)C1)C1CCCCC1)C(=O)NS(=O)(=O)C1CC1. The van der Waals surface area contributed by atoms with Crippen LogP contribution >= 0.6 is 0 Å². The molecule has 3 saturated carbocycles. The molecular weight excluding hydrogens is 765 g/mol. The van der Waals surface area contributed by atoms with Gasteiger partial charge in [-0.15, -0.1) is 6.58 Å². The molecule has 2 aliphatic heterocycles. The summed E-state index contributed by atoms with van der Waals surface area (Å²) in [7, 11) is -2.23. The molecule has 7 rings (SSSR count). The van der Waals surface area contributed by atoms with Gasteiger partial charge in [-0.2, -0.15) is 0 Å². The third kappa shape index (κ3) is 9.38. The number of nitrogens with one attached hydrogen (secondary N) is 4. The number of likely N-dealkylation sites (tertiary alicyclic amines) is 2. The molecule has 1 aromatic carbocycles. The van der Waals surface area contributed by atoms with Crippen LogP contribution in [-0.4, -0.2) is 109 Å². The van der Waals surface area contributed by atoms with E-state index in [1.54, 1.807) is 18.1 Å². The van der Waals surface area contributed by atoms with Crippen LogP contribution in [0.5, 0.6) is 5.75 Å². The normalized spacial score (nSPS) is 25.3. The largest absolute Gasteiger partial charge is 0.497 e. The van der Waals surface area contributed by atoms with Crippen LogP contribution in [0.25, 0.3) is 10.9 Å². The number of fused-ring (bicyclic) bond motifs is 1. The predicted molar refractivity (Wildman–Crippen MR) is 217 cm³/mol. The Morgan fingerprint density at radius 1 is 1.00 bits per heavy atom. The van der Waals surface area contributed by atoms with E-state index in [0.717, 1.165) is 67.8 Å². The van der Waals surface area contributed by atoms with Crippen LogP contribution in [0.2, 0.25) is 0 Å². The second-order valence-corrected chi connectivity index (χ2v) is 18.8. The lowest BCUT2D eigenvalue weighted by Gasteiger charge is -2.35. The summed E-state index contributed by atoms with van der Waals surface area (Å²) in [5, 5.41) is 6.27. The number of hydrogen-bond donors (Lipinski definition) is 4. The molecule has 5 fully saturated rings. The lowest BCUT2D eigenvalue weighted by molar-refractivity contribution is -0.142. The number of carbonyl (C=O) groups excluding carboxylic acids is 4. The average Bonchev–Trinajstić information content (AvgIpc) is 4.09. The zero-order valence-corrected chi connectivity index (χ0v) is 34.3. The van der Waals surface area contributed by atoms with Crippen LogP contribution < -0.4 is 25.7 Å². The minimum atomic E-state index is -3.83. The van der Waals surface area contributed by atoms with Crippen LogP contribution in [0, 0.1) is 11.8 Å². The summed E-state index contributed by atoms with van der Waals surface area (Å²) in [6.07, 6.45) is 12.1. The molecule has 5 atom stereocenters. The molecule has 3 heterocycles. The first kappa shape index (κ1) is 41.7. The van der Waals surface area contributed by atoms with Crippen LogP contribution in [-0.2, 0) is 35.6 Å². The monoisotopic (exact) mass is 822 g/mol. The molecule has 0 bridgehead atoms. The van der Waals surface area contributed by atoms with Crippen molar-refractivity contribution in [1.82, 2.24) is 30.1 Å². The van der Waals surface area contributed by atoms with Gasteiger partial charge in [-0.25, -0.2) is 13.2 Å². The number of nitrogens with zero attached hydrogens (tertiary/aromatic N) is 2. The van der Waals surface area contributed by atoms with E-state index in [9.17, 15) is 32.4 Å². The summed E-state index contributed by atoms with van der Waals surface area (Å²) in [4.78, 5) is 74.1. The van der Waals surface area contributed by atoms with Gasteiger partial charge < -0.3 is 34.9 Å². The van der Waals surface area contributed by atoms with Crippen molar-refractivity contribution in [3.63, 3.8) is 0 Å². The number of unbranched alkanes of at least 4 members (excludes halogenated alkanes) is 2. The summed E-state index contributed by atoms with van der Waals surface area (Å²) in [6, 6.07) is 5.58. The van der Waals surface area contributed by atoms with Gasteiger partial charge in [-0.05, 0) is 100 Å². The number of aromatic amines is 1. The first-order valence-electron chi connectivity index (χ1n) is 21.1. The number of methoxy groups -OCH3 is 1. The van der Waals surface area contributed by atoms with Crippen molar-refractivity contribution in [3.05, 3.63) is 52.8 Å². The topological polar surface area (TPSA) is 196 Å². The molecule has 58 heavy (non-hydrogen) atoms. The standard InChI is InChI=1S/C42H58N6O9S/c1-3-30-25-42(30,40(52)46-58(54,55)33-17-18-33)45-38(50)35-14-10-20-48(35)39(51)36(27-11-6-4-7-12-27)44-41(53)47-21-19-32(26-47)57-22-9-5-8-13-29-23-28-15-16-31(56-2)24-34(28)43-37(29)49/h3,15-16,23-24,27,30,32-33,35-36H,1,4-14,17-22,25-26H2,2H3,(H,43,49)(H,44,53)(H,45,50)(H,46,52)/t30-,32?,35+,36+,42-/m1/s1. The van der Waals surface area contributed by atoms with E-state index in [2.05, 4.69) is 26.9 Å². The third-order valence-electron chi connectivity index (χ3n) is 12.8. The Kier molecular flexibility index (Phi) is 12.8. The molecule has 0 radical (unpaired) electrons. The van der Waals surface area contributed by atoms with Crippen LogP contribution in [0.3, 0.4) is 0 Å². The Morgan fingerprint density at radius 3 is 2.52 bits per heavy atom. The van der Waals surface area contributed by atoms with Gasteiger partial charge in [0.1, 0.15) is 23.4 Å².